The molecule has 0 aromatic heterocycles. The number of carbonyl (C=O) groups is 1. The standard InChI is InChI=1S/C14H18ClIN2O.ClH/c1-14(4-6-17-7-5-14)9-18-13(19)10-2-3-11(15)12(16)8-10;/h2-3,8,17H,4-7,9H2,1H3,(H,18,19);1H. The predicted molar refractivity (Wildman–Crippen MR) is 94.0 cm³/mol. The van der Waals surface area contributed by atoms with Gasteiger partial charge in [0, 0.05) is 15.7 Å². The summed E-state index contributed by atoms with van der Waals surface area (Å²) < 4.78 is 0.903. The van der Waals surface area contributed by atoms with Crippen molar-refractivity contribution in [2.24, 2.45) is 5.41 Å². The summed E-state index contributed by atoms with van der Waals surface area (Å²) in [5, 5.41) is 7.07. The van der Waals surface area contributed by atoms with E-state index in [1.165, 1.54) is 0 Å². The smallest absolute Gasteiger partial charge is 0.251 e. The van der Waals surface area contributed by atoms with E-state index in [2.05, 4.69) is 40.1 Å². The van der Waals surface area contributed by atoms with Crippen LogP contribution in [0.4, 0.5) is 0 Å². The van der Waals surface area contributed by atoms with Crippen molar-refractivity contribution >= 4 is 52.5 Å². The number of hydrogen-bond acceptors (Lipinski definition) is 2. The van der Waals surface area contributed by atoms with Crippen LogP contribution in [-0.2, 0) is 0 Å². The van der Waals surface area contributed by atoms with Gasteiger partial charge < -0.3 is 10.6 Å². The maximum absolute atomic E-state index is 12.1. The van der Waals surface area contributed by atoms with Crippen LogP contribution < -0.4 is 10.6 Å². The van der Waals surface area contributed by atoms with E-state index < -0.39 is 0 Å². The quantitative estimate of drug-likeness (QED) is 0.723. The first kappa shape index (κ1) is 18.0. The van der Waals surface area contributed by atoms with Crippen molar-refractivity contribution < 1.29 is 4.79 Å². The molecule has 0 atom stereocenters. The van der Waals surface area contributed by atoms with Gasteiger partial charge in [-0.25, -0.2) is 0 Å². The van der Waals surface area contributed by atoms with Gasteiger partial charge in [-0.15, -0.1) is 12.4 Å². The van der Waals surface area contributed by atoms with Gasteiger partial charge in [-0.2, -0.15) is 0 Å². The lowest BCUT2D eigenvalue weighted by Crippen LogP contribution is -2.42. The molecule has 3 nitrogen and oxygen atoms in total. The Hall–Kier alpha value is -0.0400. The zero-order chi connectivity index (χ0) is 13.9. The molecule has 1 amide bonds. The van der Waals surface area contributed by atoms with Crippen LogP contribution in [0, 0.1) is 8.99 Å². The van der Waals surface area contributed by atoms with E-state index in [1.807, 2.05) is 6.07 Å². The Kier molecular flexibility index (Phi) is 7.04. The molecule has 0 radical (unpaired) electrons. The summed E-state index contributed by atoms with van der Waals surface area (Å²) in [4.78, 5) is 12.1. The molecular weight excluding hydrogens is 410 g/mol. The minimum Gasteiger partial charge on any atom is -0.351 e. The lowest BCUT2D eigenvalue weighted by Gasteiger charge is -2.34. The van der Waals surface area contributed by atoms with E-state index >= 15 is 0 Å². The zero-order valence-corrected chi connectivity index (χ0v) is 15.1. The molecule has 1 aliphatic heterocycles. The maximum Gasteiger partial charge on any atom is 0.251 e. The molecule has 1 heterocycles. The maximum atomic E-state index is 12.1. The highest BCUT2D eigenvalue weighted by Crippen LogP contribution is 2.27. The zero-order valence-electron chi connectivity index (χ0n) is 11.3. The Morgan fingerprint density at radius 2 is 2.10 bits per heavy atom. The number of carbonyl (C=O) groups excluding carboxylic acids is 1. The largest absolute Gasteiger partial charge is 0.351 e. The average Bonchev–Trinajstić information content (AvgIpc) is 2.40. The molecule has 1 saturated heterocycles. The van der Waals surface area contributed by atoms with Gasteiger partial charge in [0.25, 0.3) is 5.91 Å². The van der Waals surface area contributed by atoms with Crippen LogP contribution in [0.2, 0.25) is 5.02 Å². The van der Waals surface area contributed by atoms with Crippen molar-refractivity contribution in [3.8, 4) is 0 Å². The molecule has 1 aliphatic rings. The molecule has 2 rings (SSSR count). The first-order valence-electron chi connectivity index (χ1n) is 6.44. The molecule has 1 aromatic carbocycles. The Bertz CT molecular complexity index is 476. The molecule has 20 heavy (non-hydrogen) atoms. The molecule has 112 valence electrons. The molecule has 6 heteroatoms. The predicted octanol–water partition coefficient (Wildman–Crippen LogP) is 3.49. The molecular formula is C14H19Cl2IN2O. The number of rotatable bonds is 3. The second kappa shape index (κ2) is 7.82. The molecule has 0 unspecified atom stereocenters. The van der Waals surface area contributed by atoms with Gasteiger partial charge in [0.1, 0.15) is 0 Å². The fourth-order valence-electron chi connectivity index (χ4n) is 2.24. The highest BCUT2D eigenvalue weighted by Gasteiger charge is 2.27. The molecule has 2 N–H and O–H groups in total. The normalized spacial score (nSPS) is 17.1. The summed E-state index contributed by atoms with van der Waals surface area (Å²) >= 11 is 8.10. The highest BCUT2D eigenvalue weighted by atomic mass is 127. The van der Waals surface area contributed by atoms with E-state index in [1.54, 1.807) is 12.1 Å². The van der Waals surface area contributed by atoms with Gasteiger partial charge in [0.05, 0.1) is 5.02 Å². The van der Waals surface area contributed by atoms with Crippen molar-refractivity contribution in [1.29, 1.82) is 0 Å². The fraction of sp³-hybridized carbons (Fsp3) is 0.500. The van der Waals surface area contributed by atoms with Crippen LogP contribution in [0.3, 0.4) is 0 Å². The Morgan fingerprint density at radius 3 is 2.70 bits per heavy atom. The molecule has 0 saturated carbocycles. The van der Waals surface area contributed by atoms with Gasteiger partial charge >= 0.3 is 0 Å². The summed E-state index contributed by atoms with van der Waals surface area (Å²) in [5.74, 6) is -0.0191. The van der Waals surface area contributed by atoms with Gasteiger partial charge in [0.2, 0.25) is 0 Å². The highest BCUT2D eigenvalue weighted by molar-refractivity contribution is 14.1. The third-order valence-corrected chi connectivity index (χ3v) is 5.21. The van der Waals surface area contributed by atoms with Crippen molar-refractivity contribution in [2.45, 2.75) is 19.8 Å². The summed E-state index contributed by atoms with van der Waals surface area (Å²) in [5.41, 5.74) is 0.881. The summed E-state index contributed by atoms with van der Waals surface area (Å²) in [6.45, 7) is 5.03. The number of amides is 1. The number of benzene rings is 1. The first-order chi connectivity index (χ1) is 9.00. The minimum atomic E-state index is -0.0191. The fourth-order valence-corrected chi connectivity index (χ4v) is 2.87. The van der Waals surface area contributed by atoms with E-state index in [9.17, 15) is 4.79 Å². The lowest BCUT2D eigenvalue weighted by atomic mass is 9.81. The van der Waals surface area contributed by atoms with Crippen LogP contribution in [0.1, 0.15) is 30.1 Å². The average molecular weight is 429 g/mol. The van der Waals surface area contributed by atoms with E-state index in [0.717, 1.165) is 36.0 Å². The summed E-state index contributed by atoms with van der Waals surface area (Å²) in [7, 11) is 0. The van der Waals surface area contributed by atoms with Gasteiger partial charge in [0.15, 0.2) is 0 Å². The van der Waals surface area contributed by atoms with E-state index in [4.69, 9.17) is 11.6 Å². The number of piperidine rings is 1. The summed E-state index contributed by atoms with van der Waals surface area (Å²) in [6, 6.07) is 5.36. The van der Waals surface area contributed by atoms with Crippen LogP contribution in [-0.4, -0.2) is 25.5 Å². The Balaban J connectivity index is 0.00000200. The lowest BCUT2D eigenvalue weighted by molar-refractivity contribution is 0.0922. The first-order valence-corrected chi connectivity index (χ1v) is 7.90. The third kappa shape index (κ3) is 4.76. The monoisotopic (exact) mass is 428 g/mol. The van der Waals surface area contributed by atoms with Gasteiger partial charge in [-0.1, -0.05) is 18.5 Å². The third-order valence-electron chi connectivity index (χ3n) is 3.67. The van der Waals surface area contributed by atoms with Crippen molar-refractivity contribution in [1.82, 2.24) is 10.6 Å². The van der Waals surface area contributed by atoms with Crippen LogP contribution in [0.5, 0.6) is 0 Å². The second-order valence-electron chi connectivity index (χ2n) is 5.37. The van der Waals surface area contributed by atoms with Crippen LogP contribution >= 0.6 is 46.6 Å². The SMILES string of the molecule is CC1(CNC(=O)c2ccc(Cl)c(I)c2)CCNCC1.Cl. The van der Waals surface area contributed by atoms with Gasteiger partial charge in [-0.3, -0.25) is 4.79 Å². The van der Waals surface area contributed by atoms with Gasteiger partial charge in [-0.05, 0) is 72.1 Å². The van der Waals surface area contributed by atoms with Crippen molar-refractivity contribution in [3.05, 3.63) is 32.4 Å². The number of hydrogen-bond donors (Lipinski definition) is 2. The molecule has 0 spiro atoms. The molecule has 1 aromatic rings. The van der Waals surface area contributed by atoms with Crippen LogP contribution in [0.15, 0.2) is 18.2 Å². The molecule has 0 bridgehead atoms. The van der Waals surface area contributed by atoms with E-state index in [-0.39, 0.29) is 23.7 Å². The minimum absolute atomic E-state index is 0. The molecule has 0 aliphatic carbocycles. The number of nitrogens with one attached hydrogen (secondary N) is 2. The molecule has 1 fully saturated rings. The second-order valence-corrected chi connectivity index (χ2v) is 6.94. The topological polar surface area (TPSA) is 41.1 Å². The van der Waals surface area contributed by atoms with Crippen molar-refractivity contribution in [2.75, 3.05) is 19.6 Å². The van der Waals surface area contributed by atoms with Crippen LogP contribution in [0.25, 0.3) is 0 Å². The van der Waals surface area contributed by atoms with Crippen molar-refractivity contribution in [3.63, 3.8) is 0 Å². The van der Waals surface area contributed by atoms with E-state index in [0.29, 0.717) is 10.6 Å². The Morgan fingerprint density at radius 1 is 1.45 bits per heavy atom. The Labute approximate surface area is 144 Å². The summed E-state index contributed by atoms with van der Waals surface area (Å²) in [6.07, 6.45) is 2.21. The number of halogens is 3.